The number of aryl methyl sites for hydroxylation is 1. The van der Waals surface area contributed by atoms with E-state index in [1.165, 1.54) is 0 Å². The zero-order chi connectivity index (χ0) is 19.5. The van der Waals surface area contributed by atoms with Crippen LogP contribution in [0.2, 0.25) is 0 Å². The molecule has 4 aromatic rings. The van der Waals surface area contributed by atoms with Crippen LogP contribution < -0.4 is 11.1 Å². The number of hydrogen-bond acceptors (Lipinski definition) is 7. The fourth-order valence-electron chi connectivity index (χ4n) is 2.79. The topological polar surface area (TPSA) is 124 Å². The van der Waals surface area contributed by atoms with Crippen LogP contribution in [0.25, 0.3) is 17.3 Å². The first-order valence-electron chi connectivity index (χ1n) is 8.82. The summed E-state index contributed by atoms with van der Waals surface area (Å²) in [6.07, 6.45) is 2.38. The number of primary amides is 1. The number of nitrogens with two attached hydrogens (primary N) is 1. The van der Waals surface area contributed by atoms with Gasteiger partial charge in [0, 0.05) is 19.2 Å². The van der Waals surface area contributed by atoms with Crippen LogP contribution >= 0.6 is 0 Å². The smallest absolute Gasteiger partial charge is 0.252 e. The molecular weight excluding hydrogens is 356 g/mol. The Hall–Kier alpha value is -3.88. The number of nitrogens with one attached hydrogen (secondary N) is 1. The summed E-state index contributed by atoms with van der Waals surface area (Å²) >= 11 is 0. The number of anilines is 1. The Morgan fingerprint density at radius 3 is 2.64 bits per heavy atom. The van der Waals surface area contributed by atoms with Gasteiger partial charge in [0.05, 0.1) is 5.56 Å². The van der Waals surface area contributed by atoms with Gasteiger partial charge in [0.25, 0.3) is 5.91 Å². The van der Waals surface area contributed by atoms with Gasteiger partial charge < -0.3 is 11.1 Å². The molecule has 0 bridgehead atoms. The number of pyridine rings is 1. The molecule has 1 aromatic carbocycles. The normalized spacial score (nSPS) is 10.9. The van der Waals surface area contributed by atoms with Gasteiger partial charge in [-0.1, -0.05) is 37.3 Å². The van der Waals surface area contributed by atoms with E-state index in [4.69, 9.17) is 5.73 Å². The highest BCUT2D eigenvalue weighted by Crippen LogP contribution is 2.18. The summed E-state index contributed by atoms with van der Waals surface area (Å²) in [6, 6.07) is 13.3. The minimum atomic E-state index is -0.570. The van der Waals surface area contributed by atoms with Crippen LogP contribution in [0, 0.1) is 0 Å². The second-order valence-electron chi connectivity index (χ2n) is 6.09. The molecule has 0 saturated carbocycles. The van der Waals surface area contributed by atoms with E-state index in [0.29, 0.717) is 42.0 Å². The van der Waals surface area contributed by atoms with Crippen LogP contribution in [-0.4, -0.2) is 35.5 Å². The lowest BCUT2D eigenvalue weighted by Crippen LogP contribution is -2.13. The monoisotopic (exact) mass is 374 g/mol. The number of carbonyl (C=O) groups is 1. The highest BCUT2D eigenvalue weighted by molar-refractivity contribution is 5.98. The van der Waals surface area contributed by atoms with Gasteiger partial charge in [-0.25, -0.2) is 4.98 Å². The van der Waals surface area contributed by atoms with E-state index in [0.717, 1.165) is 5.56 Å². The van der Waals surface area contributed by atoms with Gasteiger partial charge >= 0.3 is 0 Å². The summed E-state index contributed by atoms with van der Waals surface area (Å²) < 4.78 is 1.65. The van der Waals surface area contributed by atoms with Gasteiger partial charge in [-0.15, -0.1) is 10.2 Å². The summed E-state index contributed by atoms with van der Waals surface area (Å²) in [6.45, 7) is 2.55. The van der Waals surface area contributed by atoms with Crippen molar-refractivity contribution in [3.63, 3.8) is 0 Å². The molecule has 9 heteroatoms. The first kappa shape index (κ1) is 17.5. The van der Waals surface area contributed by atoms with Gasteiger partial charge in [0.15, 0.2) is 5.65 Å². The SMILES string of the molecule is CCc1nc(NCc2ccccc2)nc(-c2nnc3c(C(N)=O)cccn23)n1. The second-order valence-corrected chi connectivity index (χ2v) is 6.09. The number of fused-ring (bicyclic) bond motifs is 1. The van der Waals surface area contributed by atoms with E-state index < -0.39 is 5.91 Å². The summed E-state index contributed by atoms with van der Waals surface area (Å²) in [4.78, 5) is 25.0. The van der Waals surface area contributed by atoms with Crippen LogP contribution in [0.3, 0.4) is 0 Å². The predicted octanol–water partition coefficient (Wildman–Crippen LogP) is 1.85. The van der Waals surface area contributed by atoms with E-state index in [9.17, 15) is 4.79 Å². The average Bonchev–Trinajstić information content (AvgIpc) is 3.17. The van der Waals surface area contributed by atoms with Crippen LogP contribution in [-0.2, 0) is 13.0 Å². The second kappa shape index (κ2) is 7.39. The average molecular weight is 374 g/mol. The standard InChI is InChI=1S/C19H18N8O/c1-2-14-22-16(24-19(23-14)21-11-12-7-4-3-5-8-12)18-26-25-17-13(15(20)28)9-6-10-27(17)18/h3-10H,2,11H2,1H3,(H2,20,28)(H,21,22,23,24). The molecule has 1 amide bonds. The molecule has 28 heavy (non-hydrogen) atoms. The van der Waals surface area contributed by atoms with Gasteiger partial charge in [0.2, 0.25) is 17.6 Å². The van der Waals surface area contributed by atoms with Crippen molar-refractivity contribution in [1.29, 1.82) is 0 Å². The molecule has 3 heterocycles. The first-order chi connectivity index (χ1) is 13.7. The molecule has 140 valence electrons. The zero-order valence-electron chi connectivity index (χ0n) is 15.2. The van der Waals surface area contributed by atoms with Crippen LogP contribution in [0.1, 0.15) is 28.7 Å². The molecule has 3 N–H and O–H groups in total. The Kier molecular flexibility index (Phi) is 4.63. The van der Waals surface area contributed by atoms with E-state index in [1.54, 1.807) is 22.7 Å². The highest BCUT2D eigenvalue weighted by atomic mass is 16.1. The minimum Gasteiger partial charge on any atom is -0.365 e. The Balaban J connectivity index is 1.73. The van der Waals surface area contributed by atoms with Crippen LogP contribution in [0.4, 0.5) is 5.95 Å². The summed E-state index contributed by atoms with van der Waals surface area (Å²) in [5.41, 5.74) is 7.18. The molecule has 4 rings (SSSR count). The minimum absolute atomic E-state index is 0.286. The third-order valence-electron chi connectivity index (χ3n) is 4.19. The Morgan fingerprint density at radius 2 is 1.89 bits per heavy atom. The van der Waals surface area contributed by atoms with Gasteiger partial charge in [-0.3, -0.25) is 9.20 Å². The number of benzene rings is 1. The first-order valence-corrected chi connectivity index (χ1v) is 8.82. The number of carbonyl (C=O) groups excluding carboxylic acids is 1. The lowest BCUT2D eigenvalue weighted by molar-refractivity contribution is 0.100. The van der Waals surface area contributed by atoms with Crippen molar-refractivity contribution in [3.8, 4) is 11.6 Å². The molecular formula is C19H18N8O. The number of hydrogen-bond donors (Lipinski definition) is 2. The molecule has 0 saturated heterocycles. The van der Waals surface area contributed by atoms with Gasteiger partial charge in [-0.2, -0.15) is 9.97 Å². The van der Waals surface area contributed by atoms with Gasteiger partial charge in [-0.05, 0) is 17.7 Å². The molecule has 0 aliphatic heterocycles. The largest absolute Gasteiger partial charge is 0.365 e. The van der Waals surface area contributed by atoms with Crippen molar-refractivity contribution in [2.75, 3.05) is 5.32 Å². The van der Waals surface area contributed by atoms with Crippen molar-refractivity contribution in [3.05, 3.63) is 65.6 Å². The maximum atomic E-state index is 11.6. The third-order valence-corrected chi connectivity index (χ3v) is 4.19. The molecule has 0 spiro atoms. The van der Waals surface area contributed by atoms with Crippen molar-refractivity contribution < 1.29 is 4.79 Å². The molecule has 0 aliphatic carbocycles. The number of nitrogens with zero attached hydrogens (tertiary/aromatic N) is 6. The fraction of sp³-hybridized carbons (Fsp3) is 0.158. The fourth-order valence-corrected chi connectivity index (χ4v) is 2.79. The summed E-state index contributed by atoms with van der Waals surface area (Å²) in [7, 11) is 0. The Bertz CT molecular complexity index is 1140. The van der Waals surface area contributed by atoms with Crippen molar-refractivity contribution in [2.24, 2.45) is 5.73 Å². The van der Waals surface area contributed by atoms with Crippen molar-refractivity contribution in [2.45, 2.75) is 19.9 Å². The van der Waals surface area contributed by atoms with Gasteiger partial charge in [0.1, 0.15) is 5.82 Å². The molecule has 0 radical (unpaired) electrons. The summed E-state index contributed by atoms with van der Waals surface area (Å²) in [5.74, 6) is 1.30. The lowest BCUT2D eigenvalue weighted by Gasteiger charge is -2.08. The van der Waals surface area contributed by atoms with Crippen LogP contribution in [0.15, 0.2) is 48.7 Å². The van der Waals surface area contributed by atoms with Crippen molar-refractivity contribution >= 4 is 17.5 Å². The molecule has 0 unspecified atom stereocenters. The summed E-state index contributed by atoms with van der Waals surface area (Å²) in [5, 5.41) is 11.5. The Morgan fingerprint density at radius 1 is 1.07 bits per heavy atom. The lowest BCUT2D eigenvalue weighted by atomic mass is 10.2. The molecule has 9 nitrogen and oxygen atoms in total. The zero-order valence-corrected chi connectivity index (χ0v) is 15.2. The number of amides is 1. The highest BCUT2D eigenvalue weighted by Gasteiger charge is 2.17. The maximum absolute atomic E-state index is 11.6. The quantitative estimate of drug-likeness (QED) is 0.528. The van der Waals surface area contributed by atoms with E-state index in [2.05, 4.69) is 30.5 Å². The predicted molar refractivity (Wildman–Crippen MR) is 103 cm³/mol. The molecule has 0 aliphatic rings. The van der Waals surface area contributed by atoms with Crippen molar-refractivity contribution in [1.82, 2.24) is 29.5 Å². The van der Waals surface area contributed by atoms with E-state index in [-0.39, 0.29) is 5.56 Å². The molecule has 0 atom stereocenters. The van der Waals surface area contributed by atoms with E-state index >= 15 is 0 Å². The Labute approximate surface area is 160 Å². The molecule has 3 aromatic heterocycles. The third kappa shape index (κ3) is 3.37. The number of aromatic nitrogens is 6. The van der Waals surface area contributed by atoms with Crippen LogP contribution in [0.5, 0.6) is 0 Å². The maximum Gasteiger partial charge on any atom is 0.252 e. The molecule has 0 fully saturated rings. The number of rotatable bonds is 6. The van der Waals surface area contributed by atoms with E-state index in [1.807, 2.05) is 37.3 Å².